The summed E-state index contributed by atoms with van der Waals surface area (Å²) in [6.07, 6.45) is 0.555. The van der Waals surface area contributed by atoms with Crippen molar-refractivity contribution in [3.63, 3.8) is 0 Å². The Morgan fingerprint density at radius 3 is 2.30 bits per heavy atom. The lowest BCUT2D eigenvalue weighted by Gasteiger charge is -2.30. The number of hydrogen-bond donors (Lipinski definition) is 2. The van der Waals surface area contributed by atoms with Crippen LogP contribution in [0.3, 0.4) is 0 Å². The second kappa shape index (κ2) is 12.1. The number of hydrogen-bond acceptors (Lipinski definition) is 7. The molecule has 37 heavy (non-hydrogen) atoms. The van der Waals surface area contributed by atoms with Crippen LogP contribution in [0.2, 0.25) is 0 Å². The highest BCUT2D eigenvalue weighted by Gasteiger charge is 2.38. The van der Waals surface area contributed by atoms with Crippen LogP contribution in [0.4, 0.5) is 16.2 Å². The van der Waals surface area contributed by atoms with Crippen LogP contribution in [0.5, 0.6) is 0 Å². The molecule has 1 aliphatic heterocycles. The molecular formula is C26H30N4O7. The molecule has 3 rings (SSSR count). The van der Waals surface area contributed by atoms with E-state index in [0.29, 0.717) is 36.2 Å². The van der Waals surface area contributed by atoms with E-state index < -0.39 is 23.1 Å². The highest BCUT2D eigenvalue weighted by molar-refractivity contribution is 5.99. The Hall–Kier alpha value is -4.28. The van der Waals surface area contributed by atoms with E-state index in [4.69, 9.17) is 0 Å². The van der Waals surface area contributed by atoms with Crippen LogP contribution >= 0.6 is 0 Å². The number of amides is 3. The van der Waals surface area contributed by atoms with Crippen LogP contribution in [0.15, 0.2) is 48.5 Å². The molecule has 3 amide bonds. The summed E-state index contributed by atoms with van der Waals surface area (Å²) in [5.74, 6) is -1.05. The van der Waals surface area contributed by atoms with Crippen LogP contribution in [0.1, 0.15) is 42.6 Å². The van der Waals surface area contributed by atoms with Crippen molar-refractivity contribution in [1.82, 2.24) is 10.2 Å². The van der Waals surface area contributed by atoms with Crippen LogP contribution in [-0.4, -0.2) is 59.3 Å². The lowest BCUT2D eigenvalue weighted by Crippen LogP contribution is -2.54. The molecule has 2 aromatic carbocycles. The Labute approximate surface area is 214 Å². The number of nitro groups is 1. The molecule has 0 unspecified atom stereocenters. The molecule has 0 aromatic heterocycles. The van der Waals surface area contributed by atoms with Gasteiger partial charge in [-0.3, -0.25) is 24.5 Å². The Bertz CT molecular complexity index is 1160. The maximum Gasteiger partial charge on any atom is 0.407 e. The monoisotopic (exact) mass is 510 g/mol. The van der Waals surface area contributed by atoms with E-state index in [1.807, 2.05) is 0 Å². The molecular weight excluding hydrogens is 480 g/mol. The van der Waals surface area contributed by atoms with Gasteiger partial charge >= 0.3 is 6.09 Å². The molecule has 11 nitrogen and oxygen atoms in total. The quantitative estimate of drug-likeness (QED) is 0.299. The molecule has 2 aromatic rings. The van der Waals surface area contributed by atoms with E-state index in [1.165, 1.54) is 36.3 Å². The summed E-state index contributed by atoms with van der Waals surface area (Å²) in [5.41, 5.74) is 1.52. The van der Waals surface area contributed by atoms with Gasteiger partial charge in [-0.25, -0.2) is 4.79 Å². The summed E-state index contributed by atoms with van der Waals surface area (Å²) in [4.78, 5) is 62.1. The van der Waals surface area contributed by atoms with Gasteiger partial charge in [0.1, 0.15) is 12.1 Å². The first-order chi connectivity index (χ1) is 17.6. The Morgan fingerprint density at radius 1 is 1.08 bits per heavy atom. The number of non-ortho nitro benzene ring substituents is 1. The average Bonchev–Trinajstić information content (AvgIpc) is 3.38. The number of carbonyl (C=O) groups is 4. The lowest BCUT2D eigenvalue weighted by atomic mass is 10.0. The van der Waals surface area contributed by atoms with E-state index in [0.717, 1.165) is 0 Å². The van der Waals surface area contributed by atoms with Crippen molar-refractivity contribution in [2.45, 2.75) is 45.2 Å². The van der Waals surface area contributed by atoms with Gasteiger partial charge in [-0.05, 0) is 48.6 Å². The fourth-order valence-corrected chi connectivity index (χ4v) is 4.17. The van der Waals surface area contributed by atoms with Crippen LogP contribution < -0.4 is 10.6 Å². The number of carbonyl (C=O) groups excluding carboxylic acids is 4. The highest BCUT2D eigenvalue weighted by atomic mass is 16.6. The van der Waals surface area contributed by atoms with E-state index in [1.54, 1.807) is 38.1 Å². The number of benzene rings is 2. The van der Waals surface area contributed by atoms with Crippen LogP contribution in [0, 0.1) is 16.0 Å². The molecule has 1 saturated heterocycles. The number of Topliss-reactive ketones (excluding diaryl/α,β-unsaturated/α-hetero) is 1. The zero-order valence-corrected chi connectivity index (χ0v) is 20.9. The summed E-state index contributed by atoms with van der Waals surface area (Å²) in [6, 6.07) is 10.7. The molecule has 0 radical (unpaired) electrons. The van der Waals surface area contributed by atoms with Gasteiger partial charge in [-0.2, -0.15) is 0 Å². The molecule has 0 spiro atoms. The number of anilines is 1. The van der Waals surface area contributed by atoms with Gasteiger partial charge in [0, 0.05) is 36.3 Å². The molecule has 2 atom stereocenters. The fraction of sp³-hybridized carbons (Fsp3) is 0.385. The maximum absolute atomic E-state index is 13.1. The predicted molar refractivity (Wildman–Crippen MR) is 135 cm³/mol. The minimum absolute atomic E-state index is 0.0846. The number of rotatable bonds is 9. The van der Waals surface area contributed by atoms with Gasteiger partial charge in [0.2, 0.25) is 11.8 Å². The lowest BCUT2D eigenvalue weighted by molar-refractivity contribution is -0.384. The summed E-state index contributed by atoms with van der Waals surface area (Å²) in [5, 5.41) is 16.2. The molecule has 0 bridgehead atoms. The molecule has 0 aliphatic carbocycles. The number of ketones is 1. The van der Waals surface area contributed by atoms with E-state index in [9.17, 15) is 29.3 Å². The van der Waals surface area contributed by atoms with Gasteiger partial charge in [0.15, 0.2) is 5.78 Å². The summed E-state index contributed by atoms with van der Waals surface area (Å²) < 4.78 is 4.62. The predicted octanol–water partition coefficient (Wildman–Crippen LogP) is 3.33. The molecule has 11 heteroatoms. The number of nitrogens with zero attached hydrogens (tertiary/aromatic N) is 2. The number of methoxy groups -OCH3 is 1. The summed E-state index contributed by atoms with van der Waals surface area (Å²) in [6.45, 7) is 4.02. The third-order valence-corrected chi connectivity index (χ3v) is 6.22. The van der Waals surface area contributed by atoms with Crippen molar-refractivity contribution in [1.29, 1.82) is 0 Å². The number of alkyl carbamates (subject to hydrolysis) is 1. The van der Waals surface area contributed by atoms with E-state index in [2.05, 4.69) is 15.4 Å². The fourth-order valence-electron chi connectivity index (χ4n) is 4.17. The van der Waals surface area contributed by atoms with Crippen molar-refractivity contribution >= 4 is 35.1 Å². The van der Waals surface area contributed by atoms with Gasteiger partial charge < -0.3 is 20.3 Å². The number of nitro benzene ring substituents is 1. The van der Waals surface area contributed by atoms with E-state index >= 15 is 0 Å². The zero-order chi connectivity index (χ0) is 27.1. The molecule has 2 N–H and O–H groups in total. The first-order valence-corrected chi connectivity index (χ1v) is 11.9. The summed E-state index contributed by atoms with van der Waals surface area (Å²) >= 11 is 0. The minimum atomic E-state index is -0.812. The number of nitrogens with one attached hydrogen (secondary N) is 2. The maximum atomic E-state index is 13.1. The second-order valence-electron chi connectivity index (χ2n) is 9.14. The smallest absolute Gasteiger partial charge is 0.407 e. The van der Waals surface area contributed by atoms with Crippen LogP contribution in [0.25, 0.3) is 0 Å². The largest absolute Gasteiger partial charge is 0.453 e. The molecule has 1 heterocycles. The van der Waals surface area contributed by atoms with Crippen molar-refractivity contribution < 1.29 is 28.8 Å². The van der Waals surface area contributed by atoms with Crippen LogP contribution in [-0.2, 0) is 20.7 Å². The minimum Gasteiger partial charge on any atom is -0.453 e. The second-order valence-corrected chi connectivity index (χ2v) is 9.14. The Balaban J connectivity index is 1.61. The molecule has 196 valence electrons. The third kappa shape index (κ3) is 6.90. The Morgan fingerprint density at radius 2 is 1.73 bits per heavy atom. The van der Waals surface area contributed by atoms with Crippen molar-refractivity contribution in [2.75, 3.05) is 19.0 Å². The van der Waals surface area contributed by atoms with Gasteiger partial charge in [-0.15, -0.1) is 0 Å². The number of ether oxygens (including phenoxy) is 1. The van der Waals surface area contributed by atoms with Crippen molar-refractivity contribution in [3.8, 4) is 0 Å². The van der Waals surface area contributed by atoms with Gasteiger partial charge in [0.25, 0.3) is 5.69 Å². The van der Waals surface area contributed by atoms with Gasteiger partial charge in [0.05, 0.1) is 12.0 Å². The topological polar surface area (TPSA) is 148 Å². The normalized spacial score (nSPS) is 15.7. The molecule has 0 saturated carbocycles. The molecule has 1 fully saturated rings. The Kier molecular flexibility index (Phi) is 8.94. The average molecular weight is 511 g/mol. The summed E-state index contributed by atoms with van der Waals surface area (Å²) in [7, 11) is 1.22. The first-order valence-electron chi connectivity index (χ1n) is 11.9. The first kappa shape index (κ1) is 27.3. The SMILES string of the molecule is COC(=O)N[C@H](C(=O)N1CCC[C@H]1C(=O)Nc1ccc(CC(=O)c2ccc([N+](=O)[O-])cc2)cc1)C(C)C. The zero-order valence-electron chi connectivity index (χ0n) is 20.9. The number of likely N-dealkylation sites (tertiary alicyclic amines) is 1. The van der Waals surface area contributed by atoms with E-state index in [-0.39, 0.29) is 35.6 Å². The third-order valence-electron chi connectivity index (χ3n) is 6.22. The molecule has 1 aliphatic rings. The highest BCUT2D eigenvalue weighted by Crippen LogP contribution is 2.22. The standard InChI is InChI=1S/C26H30N4O7/c1-16(2)23(28-26(34)37-3)25(33)29-14-4-5-21(29)24(32)27-19-10-6-17(7-11-19)15-22(31)18-8-12-20(13-9-18)30(35)36/h6-13,16,21,23H,4-5,14-15H2,1-3H3,(H,27,32)(H,28,34)/t21-,23-/m0/s1. The van der Waals surface area contributed by atoms with Crippen molar-refractivity contribution in [3.05, 3.63) is 69.8 Å². The van der Waals surface area contributed by atoms with Gasteiger partial charge in [-0.1, -0.05) is 26.0 Å². The van der Waals surface area contributed by atoms with Crippen molar-refractivity contribution in [2.24, 2.45) is 5.92 Å².